The van der Waals surface area contributed by atoms with Crippen LogP contribution >= 0.6 is 11.6 Å². The van der Waals surface area contributed by atoms with Gasteiger partial charge in [-0.05, 0) is 36.4 Å². The van der Waals surface area contributed by atoms with E-state index >= 15 is 0 Å². The molecule has 3 aromatic rings. The number of sulfone groups is 1. The Labute approximate surface area is 176 Å². The number of halogens is 4. The van der Waals surface area contributed by atoms with E-state index in [0.29, 0.717) is 17.2 Å². The van der Waals surface area contributed by atoms with Gasteiger partial charge in [0.15, 0.2) is 21.8 Å². The summed E-state index contributed by atoms with van der Waals surface area (Å²) in [6, 6.07) is 13.6. The first-order chi connectivity index (χ1) is 14.0. The molecule has 1 aromatic heterocycles. The minimum atomic E-state index is -4.61. The van der Waals surface area contributed by atoms with Gasteiger partial charge in [-0.1, -0.05) is 29.8 Å². The first-order valence-electron chi connectivity index (χ1n) is 8.32. The van der Waals surface area contributed by atoms with Crippen LogP contribution < -0.4 is 5.32 Å². The number of para-hydroxylation sites is 1. The lowest BCUT2D eigenvalue weighted by molar-refractivity contribution is -0.141. The molecule has 3 rings (SSSR count). The molecule has 0 atom stereocenters. The lowest BCUT2D eigenvalue weighted by atomic mass is 10.3. The van der Waals surface area contributed by atoms with Crippen LogP contribution in [0.4, 0.5) is 18.9 Å². The SMILES string of the molecule is CNc1cccc(S(C)(=O)=O)c1.O=Cc1cc(C(F)(F)F)nn1-c1ccccc1Cl. The third kappa shape index (κ3) is 5.83. The van der Waals surface area contributed by atoms with E-state index in [-0.39, 0.29) is 16.4 Å². The highest BCUT2D eigenvalue weighted by atomic mass is 35.5. The van der Waals surface area contributed by atoms with E-state index < -0.39 is 21.7 Å². The topological polar surface area (TPSA) is 81.1 Å². The molecule has 0 spiro atoms. The summed E-state index contributed by atoms with van der Waals surface area (Å²) in [6.45, 7) is 0. The predicted molar refractivity (Wildman–Crippen MR) is 108 cm³/mol. The van der Waals surface area contributed by atoms with E-state index in [1.165, 1.54) is 18.4 Å². The number of hydrogen-bond donors (Lipinski definition) is 1. The first kappa shape index (κ1) is 23.4. The molecular weight excluding hydrogens is 443 g/mol. The van der Waals surface area contributed by atoms with Crippen molar-refractivity contribution in [2.24, 2.45) is 0 Å². The van der Waals surface area contributed by atoms with Gasteiger partial charge in [0, 0.05) is 19.0 Å². The summed E-state index contributed by atoms with van der Waals surface area (Å²) in [4.78, 5) is 11.1. The van der Waals surface area contributed by atoms with Gasteiger partial charge in [0.25, 0.3) is 0 Å². The second kappa shape index (κ2) is 9.31. The maximum atomic E-state index is 12.5. The van der Waals surface area contributed by atoms with Gasteiger partial charge in [0.05, 0.1) is 15.6 Å². The van der Waals surface area contributed by atoms with Gasteiger partial charge in [0.2, 0.25) is 0 Å². The Hall–Kier alpha value is -2.85. The fourth-order valence-electron chi connectivity index (χ4n) is 2.32. The molecule has 160 valence electrons. The number of carbonyl (C=O) groups excluding carboxylic acids is 1. The Kier molecular flexibility index (Phi) is 7.27. The summed E-state index contributed by atoms with van der Waals surface area (Å²) in [7, 11) is -1.32. The van der Waals surface area contributed by atoms with Crippen LogP contribution in [0, 0.1) is 0 Å². The molecule has 0 bridgehead atoms. The smallest absolute Gasteiger partial charge is 0.388 e. The van der Waals surface area contributed by atoms with Crippen molar-refractivity contribution in [1.82, 2.24) is 9.78 Å². The summed E-state index contributed by atoms with van der Waals surface area (Å²) < 4.78 is 60.5. The molecule has 0 amide bonds. The van der Waals surface area contributed by atoms with E-state index in [1.54, 1.807) is 37.4 Å². The minimum absolute atomic E-state index is 0.206. The molecule has 0 aliphatic heterocycles. The zero-order valence-electron chi connectivity index (χ0n) is 15.8. The number of aromatic nitrogens is 2. The number of alkyl halides is 3. The average molecular weight is 460 g/mol. The zero-order valence-corrected chi connectivity index (χ0v) is 17.4. The summed E-state index contributed by atoms with van der Waals surface area (Å²) in [5.74, 6) is 0. The Morgan fingerprint density at radius 3 is 2.30 bits per heavy atom. The van der Waals surface area contributed by atoms with Crippen LogP contribution in [0.2, 0.25) is 5.02 Å². The molecule has 0 aliphatic carbocycles. The third-order valence-electron chi connectivity index (χ3n) is 3.78. The number of nitrogens with zero attached hydrogens (tertiary/aromatic N) is 2. The number of aldehydes is 1. The van der Waals surface area contributed by atoms with Crippen LogP contribution in [0.3, 0.4) is 0 Å². The van der Waals surface area contributed by atoms with Gasteiger partial charge in [-0.25, -0.2) is 13.1 Å². The summed E-state index contributed by atoms with van der Waals surface area (Å²) in [6.07, 6.45) is -3.11. The van der Waals surface area contributed by atoms with Crippen molar-refractivity contribution in [3.05, 3.63) is 71.0 Å². The average Bonchev–Trinajstić information content (AvgIpc) is 3.13. The molecule has 1 N–H and O–H groups in total. The highest BCUT2D eigenvalue weighted by Gasteiger charge is 2.35. The molecule has 0 saturated heterocycles. The molecule has 0 unspecified atom stereocenters. The van der Waals surface area contributed by atoms with E-state index in [1.807, 2.05) is 6.07 Å². The van der Waals surface area contributed by atoms with Crippen molar-refractivity contribution >= 4 is 33.4 Å². The van der Waals surface area contributed by atoms with Crippen molar-refractivity contribution in [3.8, 4) is 5.69 Å². The Morgan fingerprint density at radius 2 is 1.77 bits per heavy atom. The molecule has 11 heteroatoms. The second-order valence-corrected chi connectivity index (χ2v) is 8.41. The Bertz CT molecular complexity index is 1150. The number of rotatable bonds is 4. The quantitative estimate of drug-likeness (QED) is 0.581. The number of benzene rings is 2. The largest absolute Gasteiger partial charge is 0.435 e. The monoisotopic (exact) mass is 459 g/mol. The highest BCUT2D eigenvalue weighted by Crippen LogP contribution is 2.30. The first-order valence-corrected chi connectivity index (χ1v) is 10.6. The van der Waals surface area contributed by atoms with E-state index in [9.17, 15) is 26.4 Å². The summed E-state index contributed by atoms with van der Waals surface area (Å²) in [5.41, 5.74) is -0.324. The van der Waals surface area contributed by atoms with E-state index in [0.717, 1.165) is 10.4 Å². The standard InChI is InChI=1S/C11H6ClF3N2O.C8H11NO2S/c12-8-3-1-2-4-9(8)17-7(6-18)5-10(16-17)11(13,14)15;1-9-7-4-3-5-8(6-7)12(2,10)11/h1-6H;3-6,9H,1-2H3. The lowest BCUT2D eigenvalue weighted by Gasteiger charge is -2.05. The normalized spacial score (nSPS) is 11.4. The predicted octanol–water partition coefficient (Wildman–Crippen LogP) is 4.49. The number of hydrogen-bond acceptors (Lipinski definition) is 5. The molecule has 30 heavy (non-hydrogen) atoms. The maximum absolute atomic E-state index is 12.5. The lowest BCUT2D eigenvalue weighted by Crippen LogP contribution is -2.07. The van der Waals surface area contributed by atoms with Crippen LogP contribution in [-0.4, -0.2) is 37.8 Å². The molecule has 6 nitrogen and oxygen atoms in total. The molecule has 0 fully saturated rings. The van der Waals surface area contributed by atoms with Crippen LogP contribution in [0.15, 0.2) is 59.5 Å². The van der Waals surface area contributed by atoms with E-state index in [4.69, 9.17) is 11.6 Å². The third-order valence-corrected chi connectivity index (χ3v) is 5.21. The Balaban J connectivity index is 0.000000232. The fourth-order valence-corrected chi connectivity index (χ4v) is 3.20. The summed E-state index contributed by atoms with van der Waals surface area (Å²) in [5, 5.41) is 6.44. The fraction of sp³-hybridized carbons (Fsp3) is 0.158. The Morgan fingerprint density at radius 1 is 1.10 bits per heavy atom. The molecule has 0 radical (unpaired) electrons. The number of nitrogens with one attached hydrogen (secondary N) is 1. The van der Waals surface area contributed by atoms with Gasteiger partial charge in [-0.2, -0.15) is 18.3 Å². The highest BCUT2D eigenvalue weighted by molar-refractivity contribution is 7.90. The molecule has 0 saturated carbocycles. The molecule has 0 aliphatic rings. The van der Waals surface area contributed by atoms with Crippen molar-refractivity contribution < 1.29 is 26.4 Å². The molecule has 2 aromatic carbocycles. The van der Waals surface area contributed by atoms with Crippen molar-refractivity contribution in [2.75, 3.05) is 18.6 Å². The van der Waals surface area contributed by atoms with E-state index in [2.05, 4.69) is 10.4 Å². The van der Waals surface area contributed by atoms with Gasteiger partial charge in [0.1, 0.15) is 5.69 Å². The maximum Gasteiger partial charge on any atom is 0.435 e. The zero-order chi connectivity index (χ0) is 22.5. The minimum Gasteiger partial charge on any atom is -0.388 e. The van der Waals surface area contributed by atoms with Crippen LogP contribution in [0.1, 0.15) is 16.2 Å². The number of anilines is 1. The molecule has 1 heterocycles. The number of carbonyl (C=O) groups is 1. The molecular formula is C19H17ClF3N3O3S. The van der Waals surface area contributed by atoms with Crippen LogP contribution in [0.5, 0.6) is 0 Å². The second-order valence-electron chi connectivity index (χ2n) is 5.98. The van der Waals surface area contributed by atoms with Crippen LogP contribution in [0.25, 0.3) is 5.69 Å². The van der Waals surface area contributed by atoms with Gasteiger partial charge in [-0.15, -0.1) is 0 Å². The van der Waals surface area contributed by atoms with Crippen LogP contribution in [-0.2, 0) is 16.0 Å². The van der Waals surface area contributed by atoms with Gasteiger partial charge >= 0.3 is 6.18 Å². The van der Waals surface area contributed by atoms with Crippen molar-refractivity contribution in [2.45, 2.75) is 11.1 Å². The van der Waals surface area contributed by atoms with Gasteiger partial charge in [-0.3, -0.25) is 4.79 Å². The van der Waals surface area contributed by atoms with Gasteiger partial charge < -0.3 is 5.32 Å². The van der Waals surface area contributed by atoms with Crippen molar-refractivity contribution in [3.63, 3.8) is 0 Å². The summed E-state index contributed by atoms with van der Waals surface area (Å²) >= 11 is 5.85. The van der Waals surface area contributed by atoms with Crippen molar-refractivity contribution in [1.29, 1.82) is 0 Å².